The number of hydrogen-bond donors (Lipinski definition) is 3. The van der Waals surface area contributed by atoms with Gasteiger partial charge in [0, 0.05) is 17.7 Å². The maximum absolute atomic E-state index is 14.8. The van der Waals surface area contributed by atoms with Gasteiger partial charge in [-0.05, 0) is 50.5 Å². The molecule has 1 saturated heterocycles. The van der Waals surface area contributed by atoms with Gasteiger partial charge in [0.05, 0.1) is 30.4 Å². The number of likely N-dealkylation sites (tertiary alicyclic amines) is 1. The van der Waals surface area contributed by atoms with Crippen molar-refractivity contribution in [1.82, 2.24) is 10.2 Å². The van der Waals surface area contributed by atoms with E-state index in [9.17, 15) is 14.7 Å². The summed E-state index contributed by atoms with van der Waals surface area (Å²) in [5, 5.41) is 19.3. The van der Waals surface area contributed by atoms with Crippen LogP contribution in [0.1, 0.15) is 56.4 Å². The average Bonchev–Trinajstić information content (AvgIpc) is 3.53. The summed E-state index contributed by atoms with van der Waals surface area (Å²) < 4.78 is 11.3. The Bertz CT molecular complexity index is 1610. The second-order valence-electron chi connectivity index (χ2n) is 13.4. The van der Waals surface area contributed by atoms with Crippen LogP contribution in [-0.4, -0.2) is 58.9 Å². The summed E-state index contributed by atoms with van der Waals surface area (Å²) in [7, 11) is 1.30. The van der Waals surface area contributed by atoms with Crippen LogP contribution in [0.2, 0.25) is 0 Å². The second kappa shape index (κ2) is 12.6. The monoisotopic (exact) mass is 633 g/mol. The molecule has 1 fully saturated rings. The Balaban J connectivity index is 1.58. The molecule has 0 unspecified atom stereocenters. The molecule has 0 saturated carbocycles. The van der Waals surface area contributed by atoms with E-state index in [1.165, 1.54) is 7.11 Å². The van der Waals surface area contributed by atoms with Gasteiger partial charge in [-0.2, -0.15) is 0 Å². The fourth-order valence-electron chi connectivity index (χ4n) is 7.50. The first kappa shape index (κ1) is 32.4. The SMILES string of the molecule is COC(=O)[C@@H](NC(=O)[C@@H]1C[C@@]2(O)c3ccccc3N[C@H]2N1C(c1ccccc1)(c1ccccc1)c1ccccc1)[C@@H](C)OC(C)(C)C. The molecule has 2 aliphatic heterocycles. The zero-order valence-corrected chi connectivity index (χ0v) is 27.5. The first-order valence-electron chi connectivity index (χ1n) is 16.1. The highest BCUT2D eigenvalue weighted by Gasteiger charge is 2.64. The Morgan fingerprint density at radius 2 is 1.34 bits per heavy atom. The topological polar surface area (TPSA) is 100 Å². The van der Waals surface area contributed by atoms with Gasteiger partial charge in [0.25, 0.3) is 0 Å². The molecule has 0 spiro atoms. The summed E-state index contributed by atoms with van der Waals surface area (Å²) in [5.41, 5.74) is 1.25. The number of anilines is 1. The van der Waals surface area contributed by atoms with Crippen LogP contribution in [0.4, 0.5) is 5.69 Å². The van der Waals surface area contributed by atoms with Crippen LogP contribution in [0.25, 0.3) is 0 Å². The number of ether oxygens (including phenoxy) is 2. The maximum Gasteiger partial charge on any atom is 0.331 e. The Morgan fingerprint density at radius 3 is 1.83 bits per heavy atom. The highest BCUT2D eigenvalue weighted by molar-refractivity contribution is 5.89. The molecular formula is C39H43N3O5. The second-order valence-corrected chi connectivity index (χ2v) is 13.4. The van der Waals surface area contributed by atoms with Gasteiger partial charge in [0.2, 0.25) is 5.91 Å². The third-order valence-corrected chi connectivity index (χ3v) is 9.28. The van der Waals surface area contributed by atoms with E-state index in [0.717, 1.165) is 27.9 Å². The molecular weight excluding hydrogens is 590 g/mol. The summed E-state index contributed by atoms with van der Waals surface area (Å²) in [6.07, 6.45) is -1.33. The predicted molar refractivity (Wildman–Crippen MR) is 181 cm³/mol. The van der Waals surface area contributed by atoms with Crippen molar-refractivity contribution >= 4 is 17.6 Å². The number of fused-ring (bicyclic) bond motifs is 3. The quantitative estimate of drug-likeness (QED) is 0.164. The van der Waals surface area contributed by atoms with Crippen molar-refractivity contribution in [2.24, 2.45) is 0 Å². The molecule has 0 bridgehead atoms. The number of esters is 1. The number of carbonyl (C=O) groups excluding carboxylic acids is 2. The van der Waals surface area contributed by atoms with E-state index in [2.05, 4.69) is 51.9 Å². The van der Waals surface area contributed by atoms with E-state index in [4.69, 9.17) is 9.47 Å². The first-order valence-corrected chi connectivity index (χ1v) is 16.1. The maximum atomic E-state index is 14.8. The predicted octanol–water partition coefficient (Wildman–Crippen LogP) is 5.55. The molecule has 8 heteroatoms. The van der Waals surface area contributed by atoms with Gasteiger partial charge in [0.1, 0.15) is 11.8 Å². The van der Waals surface area contributed by atoms with Crippen molar-refractivity contribution in [2.45, 2.75) is 75.2 Å². The van der Waals surface area contributed by atoms with E-state index < -0.39 is 53.0 Å². The van der Waals surface area contributed by atoms with E-state index in [1.54, 1.807) is 6.92 Å². The van der Waals surface area contributed by atoms with E-state index >= 15 is 0 Å². The Morgan fingerprint density at radius 1 is 0.851 bits per heavy atom. The Hall–Kier alpha value is -4.50. The smallest absolute Gasteiger partial charge is 0.331 e. The summed E-state index contributed by atoms with van der Waals surface area (Å²) in [6.45, 7) is 7.44. The molecule has 0 aromatic heterocycles. The van der Waals surface area contributed by atoms with Crippen LogP contribution < -0.4 is 10.6 Å². The zero-order valence-electron chi connectivity index (χ0n) is 27.5. The van der Waals surface area contributed by atoms with Gasteiger partial charge < -0.3 is 25.2 Å². The lowest BCUT2D eigenvalue weighted by Gasteiger charge is -2.49. The van der Waals surface area contributed by atoms with Crippen LogP contribution in [0.3, 0.4) is 0 Å². The van der Waals surface area contributed by atoms with Crippen molar-refractivity contribution in [3.05, 3.63) is 138 Å². The number of nitrogens with zero attached hydrogens (tertiary/aromatic N) is 1. The molecule has 0 aliphatic carbocycles. The zero-order chi connectivity index (χ0) is 33.4. The highest BCUT2D eigenvalue weighted by Crippen LogP contribution is 2.56. The number of aliphatic hydroxyl groups is 1. The number of benzene rings is 4. The third kappa shape index (κ3) is 5.71. The molecule has 47 heavy (non-hydrogen) atoms. The van der Waals surface area contributed by atoms with E-state index in [0.29, 0.717) is 0 Å². The van der Waals surface area contributed by atoms with Crippen molar-refractivity contribution in [3.8, 4) is 0 Å². The number of amides is 1. The fourth-order valence-corrected chi connectivity index (χ4v) is 7.50. The molecule has 4 aromatic rings. The fraction of sp³-hybridized carbons (Fsp3) is 0.333. The van der Waals surface area contributed by atoms with Crippen molar-refractivity contribution in [1.29, 1.82) is 0 Å². The van der Waals surface area contributed by atoms with Gasteiger partial charge in [-0.25, -0.2) is 4.79 Å². The van der Waals surface area contributed by atoms with Crippen LogP contribution in [0.15, 0.2) is 115 Å². The number of nitrogens with one attached hydrogen (secondary N) is 2. The molecule has 6 rings (SSSR count). The van der Waals surface area contributed by atoms with Crippen molar-refractivity contribution < 1.29 is 24.2 Å². The lowest BCUT2D eigenvalue weighted by molar-refractivity contribution is -0.154. The van der Waals surface area contributed by atoms with Gasteiger partial charge in [-0.15, -0.1) is 0 Å². The third-order valence-electron chi connectivity index (χ3n) is 9.28. The highest BCUT2D eigenvalue weighted by atomic mass is 16.5. The van der Waals surface area contributed by atoms with Gasteiger partial charge >= 0.3 is 5.97 Å². The van der Waals surface area contributed by atoms with Crippen LogP contribution in [0.5, 0.6) is 0 Å². The minimum atomic E-state index is -1.43. The van der Waals surface area contributed by atoms with E-state index in [1.807, 2.05) is 99.6 Å². The summed E-state index contributed by atoms with van der Waals surface area (Å²) in [6, 6.07) is 35.9. The minimum absolute atomic E-state index is 0.0736. The standard InChI is InChI=1S/C39H43N3O5/c1-26(47-37(2,3)4)33(35(44)46-5)41-34(43)32-25-38(45)30-23-15-16-24-31(30)40-36(38)42(32)39(27-17-9-6-10-18-27,28-19-11-7-12-20-28)29-21-13-8-14-22-29/h6-24,26,32-33,36,40,45H,25H2,1-5H3,(H,41,43)/t26-,32+,33+,36+,38-/m1/s1. The van der Waals surface area contributed by atoms with Crippen LogP contribution >= 0.6 is 0 Å². The van der Waals surface area contributed by atoms with Crippen molar-refractivity contribution in [2.75, 3.05) is 12.4 Å². The van der Waals surface area contributed by atoms with Crippen LogP contribution in [-0.2, 0) is 30.2 Å². The molecule has 5 atom stereocenters. The summed E-state index contributed by atoms with van der Waals surface area (Å²) >= 11 is 0. The average molecular weight is 634 g/mol. The lowest BCUT2D eigenvalue weighted by atomic mass is 9.74. The molecule has 1 amide bonds. The molecule has 244 valence electrons. The number of para-hydroxylation sites is 1. The van der Waals surface area contributed by atoms with E-state index in [-0.39, 0.29) is 6.42 Å². The molecule has 3 N–H and O–H groups in total. The number of carbonyl (C=O) groups is 2. The molecule has 8 nitrogen and oxygen atoms in total. The minimum Gasteiger partial charge on any atom is -0.467 e. The van der Waals surface area contributed by atoms with Crippen LogP contribution in [0, 0.1) is 0 Å². The van der Waals surface area contributed by atoms with Gasteiger partial charge in [-0.1, -0.05) is 109 Å². The number of hydrogen-bond acceptors (Lipinski definition) is 7. The summed E-state index contributed by atoms with van der Waals surface area (Å²) in [4.78, 5) is 30.1. The Kier molecular flexibility index (Phi) is 8.70. The van der Waals surface area contributed by atoms with Gasteiger partial charge in [0.15, 0.2) is 6.04 Å². The van der Waals surface area contributed by atoms with Crippen molar-refractivity contribution in [3.63, 3.8) is 0 Å². The molecule has 2 heterocycles. The van der Waals surface area contributed by atoms with Gasteiger partial charge in [-0.3, -0.25) is 9.69 Å². The lowest BCUT2D eigenvalue weighted by Crippen LogP contribution is -2.62. The largest absolute Gasteiger partial charge is 0.467 e. The molecule has 0 radical (unpaired) electrons. The Labute approximate surface area is 276 Å². The number of rotatable bonds is 9. The summed E-state index contributed by atoms with van der Waals surface area (Å²) in [5.74, 6) is -1.03. The normalized spacial score (nSPS) is 22.0. The first-order chi connectivity index (χ1) is 22.5. The molecule has 4 aromatic carbocycles. The molecule has 2 aliphatic rings. The number of methoxy groups -OCH3 is 1.